The first-order valence-corrected chi connectivity index (χ1v) is 12.5. The molecule has 3 aromatic rings. The monoisotopic (exact) mass is 490 g/mol. The minimum Gasteiger partial charge on any atom is -0.487 e. The Morgan fingerprint density at radius 2 is 1.64 bits per heavy atom. The molecule has 0 unspecified atom stereocenters. The summed E-state index contributed by atoms with van der Waals surface area (Å²) in [6, 6.07) is 20.1. The van der Waals surface area contributed by atoms with Gasteiger partial charge in [-0.05, 0) is 17.5 Å². The Hall–Kier alpha value is -3.42. The molecular weight excluding hydrogens is 456 g/mol. The van der Waals surface area contributed by atoms with Crippen molar-refractivity contribution in [3.8, 4) is 5.75 Å². The highest BCUT2D eigenvalue weighted by atomic mass is 16.5. The zero-order chi connectivity index (χ0) is 25.5. The number of aliphatic hydroxyl groups excluding tert-OH is 1. The largest absolute Gasteiger partial charge is 0.487 e. The summed E-state index contributed by atoms with van der Waals surface area (Å²) in [5, 5.41) is 10.0. The molecule has 0 saturated heterocycles. The zero-order valence-corrected chi connectivity index (χ0v) is 20.9. The number of carbonyl (C=O) groups is 1. The first kappa shape index (κ1) is 25.7. The van der Waals surface area contributed by atoms with E-state index in [0.717, 1.165) is 24.0 Å². The second-order valence-corrected chi connectivity index (χ2v) is 9.04. The number of aromatic nitrogens is 1. The van der Waals surface area contributed by atoms with Gasteiger partial charge < -0.3 is 24.0 Å². The van der Waals surface area contributed by atoms with Gasteiger partial charge in [-0.2, -0.15) is 0 Å². The summed E-state index contributed by atoms with van der Waals surface area (Å²) >= 11 is 0. The molecule has 0 radical (unpaired) electrons. The van der Waals surface area contributed by atoms with Crippen molar-refractivity contribution in [2.24, 2.45) is 0 Å². The molecule has 4 rings (SSSR count). The SMILES string of the molecule is CCCCOc1c2n(cc(CO)c1=O)[C@@H](C(c1ccccc1)c1ccccc1)CN(CCOC)C2=O. The van der Waals surface area contributed by atoms with E-state index in [2.05, 4.69) is 24.3 Å². The Balaban J connectivity index is 1.94. The summed E-state index contributed by atoms with van der Waals surface area (Å²) in [6.45, 7) is 3.13. The molecule has 2 heterocycles. The summed E-state index contributed by atoms with van der Waals surface area (Å²) in [7, 11) is 1.61. The van der Waals surface area contributed by atoms with Crippen molar-refractivity contribution in [2.75, 3.05) is 33.4 Å². The van der Waals surface area contributed by atoms with Crippen LogP contribution < -0.4 is 10.2 Å². The highest BCUT2D eigenvalue weighted by Gasteiger charge is 2.39. The number of hydrogen-bond acceptors (Lipinski definition) is 5. The number of methoxy groups -OCH3 is 1. The van der Waals surface area contributed by atoms with Crippen molar-refractivity contribution in [1.29, 1.82) is 0 Å². The molecule has 0 bridgehead atoms. The summed E-state index contributed by atoms with van der Waals surface area (Å²) in [6.07, 6.45) is 3.28. The van der Waals surface area contributed by atoms with Crippen LogP contribution in [0.25, 0.3) is 0 Å². The Morgan fingerprint density at radius 1 is 1.00 bits per heavy atom. The van der Waals surface area contributed by atoms with Gasteiger partial charge in [-0.3, -0.25) is 9.59 Å². The molecule has 7 nitrogen and oxygen atoms in total. The molecule has 7 heteroatoms. The molecule has 2 aromatic carbocycles. The van der Waals surface area contributed by atoms with E-state index in [-0.39, 0.29) is 34.9 Å². The fourth-order valence-electron chi connectivity index (χ4n) is 4.86. The summed E-state index contributed by atoms with van der Waals surface area (Å²) in [5.41, 5.74) is 2.21. The third-order valence-electron chi connectivity index (χ3n) is 6.70. The summed E-state index contributed by atoms with van der Waals surface area (Å²) in [4.78, 5) is 28.7. The number of nitrogens with zero attached hydrogens (tertiary/aromatic N) is 2. The predicted octanol–water partition coefficient (Wildman–Crippen LogP) is 3.99. The van der Waals surface area contributed by atoms with Crippen LogP contribution in [0.5, 0.6) is 5.75 Å². The van der Waals surface area contributed by atoms with Crippen LogP contribution in [0.15, 0.2) is 71.7 Å². The standard InChI is InChI=1S/C29H34N2O5/c1-3-4-16-36-28-26-29(34)30(15-17-35-2)19-24(31(26)18-23(20-32)27(28)33)25(21-11-7-5-8-12-21)22-13-9-6-10-14-22/h5-14,18,24-25,32H,3-4,15-17,19-20H2,1-2H3/t24-/m1/s1. The molecule has 1 N–H and O–H groups in total. The Bertz CT molecular complexity index is 1170. The van der Waals surface area contributed by atoms with E-state index in [1.54, 1.807) is 18.2 Å². The normalized spacial score (nSPS) is 15.3. The molecular formula is C29H34N2O5. The Morgan fingerprint density at radius 3 is 2.19 bits per heavy atom. The van der Waals surface area contributed by atoms with Crippen LogP contribution in [0.2, 0.25) is 0 Å². The van der Waals surface area contributed by atoms with Gasteiger partial charge in [-0.15, -0.1) is 0 Å². The molecule has 36 heavy (non-hydrogen) atoms. The van der Waals surface area contributed by atoms with Crippen molar-refractivity contribution in [2.45, 2.75) is 38.3 Å². The molecule has 1 aliphatic heterocycles. The van der Waals surface area contributed by atoms with Crippen LogP contribution >= 0.6 is 0 Å². The average Bonchev–Trinajstić information content (AvgIpc) is 2.91. The van der Waals surface area contributed by atoms with E-state index in [1.807, 2.05) is 47.9 Å². The molecule has 190 valence electrons. The van der Waals surface area contributed by atoms with E-state index >= 15 is 0 Å². The second-order valence-electron chi connectivity index (χ2n) is 9.04. The van der Waals surface area contributed by atoms with E-state index in [4.69, 9.17) is 9.47 Å². The number of pyridine rings is 1. The van der Waals surface area contributed by atoms with Crippen LogP contribution in [0.1, 0.15) is 58.9 Å². The number of unbranched alkanes of at least 4 members (excludes halogenated alkanes) is 1. The molecule has 1 atom stereocenters. The predicted molar refractivity (Wildman–Crippen MR) is 139 cm³/mol. The van der Waals surface area contributed by atoms with Crippen molar-refractivity contribution in [1.82, 2.24) is 9.47 Å². The highest BCUT2D eigenvalue weighted by Crippen LogP contribution is 2.40. The third kappa shape index (κ3) is 5.22. The number of aliphatic hydroxyl groups is 1. The molecule has 0 saturated carbocycles. The number of fused-ring (bicyclic) bond motifs is 1. The van der Waals surface area contributed by atoms with Crippen molar-refractivity contribution in [3.63, 3.8) is 0 Å². The Kier molecular flexibility index (Phi) is 8.57. The number of ether oxygens (including phenoxy) is 2. The van der Waals surface area contributed by atoms with Crippen LogP contribution in [0.4, 0.5) is 0 Å². The zero-order valence-electron chi connectivity index (χ0n) is 20.9. The van der Waals surface area contributed by atoms with Gasteiger partial charge in [0.15, 0.2) is 11.4 Å². The maximum Gasteiger partial charge on any atom is 0.274 e. The van der Waals surface area contributed by atoms with Gasteiger partial charge in [0.25, 0.3) is 5.91 Å². The van der Waals surface area contributed by atoms with Crippen LogP contribution in [-0.2, 0) is 11.3 Å². The fourth-order valence-corrected chi connectivity index (χ4v) is 4.86. The van der Waals surface area contributed by atoms with Gasteiger partial charge in [0.2, 0.25) is 5.43 Å². The van der Waals surface area contributed by atoms with Crippen LogP contribution in [0.3, 0.4) is 0 Å². The molecule has 1 aromatic heterocycles. The fraction of sp³-hybridized carbons (Fsp3) is 0.379. The lowest BCUT2D eigenvalue weighted by molar-refractivity contribution is 0.0579. The van der Waals surface area contributed by atoms with Gasteiger partial charge in [0.05, 0.1) is 25.9 Å². The average molecular weight is 491 g/mol. The molecule has 0 spiro atoms. The van der Waals surface area contributed by atoms with E-state index in [9.17, 15) is 14.7 Å². The van der Waals surface area contributed by atoms with Gasteiger partial charge in [-0.1, -0.05) is 74.0 Å². The summed E-state index contributed by atoms with van der Waals surface area (Å²) < 4.78 is 13.1. The lowest BCUT2D eigenvalue weighted by atomic mass is 9.83. The van der Waals surface area contributed by atoms with Gasteiger partial charge in [0.1, 0.15) is 0 Å². The number of rotatable bonds is 11. The first-order chi connectivity index (χ1) is 17.6. The topological polar surface area (TPSA) is 81.0 Å². The first-order valence-electron chi connectivity index (χ1n) is 12.5. The number of benzene rings is 2. The molecule has 1 amide bonds. The Labute approximate surface area is 211 Å². The minimum absolute atomic E-state index is 0.0204. The van der Waals surface area contributed by atoms with Gasteiger partial charge in [-0.25, -0.2) is 0 Å². The molecule has 0 aliphatic carbocycles. The summed E-state index contributed by atoms with van der Waals surface area (Å²) in [5.74, 6) is -0.356. The quantitative estimate of drug-likeness (QED) is 0.411. The van der Waals surface area contributed by atoms with Crippen molar-refractivity contribution in [3.05, 3.63) is 99.5 Å². The highest BCUT2D eigenvalue weighted by molar-refractivity contribution is 5.96. The van der Waals surface area contributed by atoms with E-state index in [1.165, 1.54) is 0 Å². The van der Waals surface area contributed by atoms with Crippen LogP contribution in [-0.4, -0.2) is 53.9 Å². The maximum absolute atomic E-state index is 13.7. The number of carbonyl (C=O) groups excluding carboxylic acids is 1. The maximum atomic E-state index is 13.7. The smallest absolute Gasteiger partial charge is 0.274 e. The van der Waals surface area contributed by atoms with Crippen LogP contribution in [0, 0.1) is 0 Å². The second kappa shape index (κ2) is 12.0. The van der Waals surface area contributed by atoms with E-state index in [0.29, 0.717) is 26.3 Å². The number of amides is 1. The third-order valence-corrected chi connectivity index (χ3v) is 6.70. The van der Waals surface area contributed by atoms with Crippen molar-refractivity contribution < 1.29 is 19.4 Å². The van der Waals surface area contributed by atoms with Gasteiger partial charge in [0, 0.05) is 37.9 Å². The van der Waals surface area contributed by atoms with Gasteiger partial charge >= 0.3 is 0 Å². The minimum atomic E-state index is -0.434. The van der Waals surface area contributed by atoms with Crippen molar-refractivity contribution >= 4 is 5.91 Å². The lowest BCUT2D eigenvalue weighted by Crippen LogP contribution is -2.48. The molecule has 1 aliphatic rings. The number of hydrogen-bond donors (Lipinski definition) is 1. The lowest BCUT2D eigenvalue weighted by Gasteiger charge is -2.41. The molecule has 0 fully saturated rings. The van der Waals surface area contributed by atoms with E-state index < -0.39 is 12.0 Å².